The van der Waals surface area contributed by atoms with E-state index < -0.39 is 0 Å². The molecule has 4 heteroatoms. The van der Waals surface area contributed by atoms with Crippen LogP contribution in [0, 0.1) is 10.8 Å². The zero-order chi connectivity index (χ0) is 18.9. The van der Waals surface area contributed by atoms with Gasteiger partial charge < -0.3 is 11.5 Å². The van der Waals surface area contributed by atoms with Crippen LogP contribution in [0.15, 0.2) is 0 Å². The summed E-state index contributed by atoms with van der Waals surface area (Å²) in [6, 6.07) is 0.429. The fourth-order valence-corrected chi connectivity index (χ4v) is 7.63. The first kappa shape index (κ1) is 22.2. The van der Waals surface area contributed by atoms with Crippen LogP contribution < -0.4 is 11.5 Å². The number of nitrogens with two attached hydrogens (primary N) is 2. The number of alkyl halides is 2. The van der Waals surface area contributed by atoms with Gasteiger partial charge in [-0.3, -0.25) is 0 Å². The first-order chi connectivity index (χ1) is 11.6. The van der Waals surface area contributed by atoms with Crippen LogP contribution in [0.1, 0.15) is 98.3 Å². The van der Waals surface area contributed by atoms with E-state index in [9.17, 15) is 0 Å². The lowest BCUT2D eigenvalue weighted by Crippen LogP contribution is -2.58. The van der Waals surface area contributed by atoms with Gasteiger partial charge in [-0.25, -0.2) is 0 Å². The molecule has 0 aromatic rings. The molecule has 4 atom stereocenters. The van der Waals surface area contributed by atoms with Crippen LogP contribution in [0.3, 0.4) is 0 Å². The Bertz CT molecular complexity index is 407. The average molecular weight is 480 g/mol. The Balaban J connectivity index is 2.10. The number of hydrogen-bond acceptors (Lipinski definition) is 2. The summed E-state index contributed by atoms with van der Waals surface area (Å²) in [7, 11) is 0. The zero-order valence-electron chi connectivity index (χ0n) is 16.8. The van der Waals surface area contributed by atoms with E-state index in [-0.39, 0.29) is 20.7 Å². The van der Waals surface area contributed by atoms with E-state index in [1.807, 2.05) is 0 Å². The Labute approximate surface area is 172 Å². The van der Waals surface area contributed by atoms with E-state index in [0.29, 0.717) is 10.8 Å². The van der Waals surface area contributed by atoms with E-state index in [1.165, 1.54) is 51.4 Å². The van der Waals surface area contributed by atoms with Gasteiger partial charge in [-0.1, -0.05) is 85.2 Å². The predicted octanol–water partition coefficient (Wildman–Crippen LogP) is 6.28. The molecule has 4 unspecified atom stereocenters. The molecule has 0 bridgehead atoms. The summed E-state index contributed by atoms with van der Waals surface area (Å²) < 4.78 is 0.0563. The standard InChI is InChI=1S/C21H40Br2N2/c1-5-18(6-2)9-11-20(22,16(24)13-18)15-21(23)12-10-19(7-3,8-4)14-17(21)25/h16-17H,5-15,24-25H2,1-4H3. The van der Waals surface area contributed by atoms with E-state index in [4.69, 9.17) is 11.5 Å². The normalized spacial score (nSPS) is 40.8. The Morgan fingerprint density at radius 3 is 1.24 bits per heavy atom. The molecular formula is C21H40Br2N2. The second-order valence-electron chi connectivity index (χ2n) is 9.28. The minimum absolute atomic E-state index is 0.0282. The summed E-state index contributed by atoms with van der Waals surface area (Å²) >= 11 is 8.24. The van der Waals surface area contributed by atoms with Gasteiger partial charge in [0.1, 0.15) is 0 Å². The minimum atomic E-state index is 0.0282. The maximum Gasteiger partial charge on any atom is 0.0422 e. The van der Waals surface area contributed by atoms with Crippen molar-refractivity contribution in [1.82, 2.24) is 0 Å². The molecule has 2 rings (SSSR count). The van der Waals surface area contributed by atoms with Crippen LogP contribution in [-0.4, -0.2) is 20.7 Å². The fourth-order valence-electron chi connectivity index (χ4n) is 5.53. The monoisotopic (exact) mass is 478 g/mol. The van der Waals surface area contributed by atoms with Crippen molar-refractivity contribution in [2.45, 2.75) is 119 Å². The summed E-state index contributed by atoms with van der Waals surface area (Å²) in [6.45, 7) is 9.32. The van der Waals surface area contributed by atoms with Crippen LogP contribution in [0.25, 0.3) is 0 Å². The molecule has 2 fully saturated rings. The molecule has 25 heavy (non-hydrogen) atoms. The molecule has 0 radical (unpaired) electrons. The molecule has 0 saturated heterocycles. The molecule has 2 aliphatic carbocycles. The average Bonchev–Trinajstić information content (AvgIpc) is 2.60. The highest BCUT2D eigenvalue weighted by molar-refractivity contribution is 9.10. The molecule has 0 aromatic heterocycles. The molecule has 2 saturated carbocycles. The van der Waals surface area contributed by atoms with Gasteiger partial charge in [0, 0.05) is 20.7 Å². The maximum absolute atomic E-state index is 6.76. The number of rotatable bonds is 6. The van der Waals surface area contributed by atoms with Gasteiger partial charge >= 0.3 is 0 Å². The molecule has 0 heterocycles. The smallest absolute Gasteiger partial charge is 0.0422 e. The summed E-state index contributed by atoms with van der Waals surface area (Å²) in [6.07, 6.45) is 13.2. The second kappa shape index (κ2) is 8.09. The third-order valence-electron chi connectivity index (χ3n) is 8.36. The second-order valence-corrected chi connectivity index (χ2v) is 12.4. The number of halogens is 2. The highest BCUT2D eigenvalue weighted by atomic mass is 79.9. The Morgan fingerprint density at radius 2 is 1.00 bits per heavy atom. The molecule has 0 aliphatic heterocycles. The van der Waals surface area contributed by atoms with Gasteiger partial charge in [0.25, 0.3) is 0 Å². The molecule has 4 N–H and O–H groups in total. The molecule has 2 aliphatic rings. The van der Waals surface area contributed by atoms with E-state index >= 15 is 0 Å². The predicted molar refractivity (Wildman–Crippen MR) is 118 cm³/mol. The van der Waals surface area contributed by atoms with Crippen LogP contribution in [0.4, 0.5) is 0 Å². The van der Waals surface area contributed by atoms with Crippen LogP contribution in [0.2, 0.25) is 0 Å². The first-order valence-electron chi connectivity index (χ1n) is 10.5. The topological polar surface area (TPSA) is 52.0 Å². The highest BCUT2D eigenvalue weighted by Gasteiger charge is 2.52. The molecular weight excluding hydrogens is 440 g/mol. The van der Waals surface area contributed by atoms with E-state index in [1.54, 1.807) is 0 Å². The Morgan fingerprint density at radius 1 is 0.680 bits per heavy atom. The minimum Gasteiger partial charge on any atom is -0.326 e. The molecule has 0 spiro atoms. The maximum atomic E-state index is 6.76. The largest absolute Gasteiger partial charge is 0.326 e. The van der Waals surface area contributed by atoms with Crippen molar-refractivity contribution >= 4 is 31.9 Å². The lowest BCUT2D eigenvalue weighted by atomic mass is 9.60. The van der Waals surface area contributed by atoms with Gasteiger partial charge in [-0.15, -0.1) is 0 Å². The summed E-state index contributed by atoms with van der Waals surface area (Å²) in [5.74, 6) is 0. The SMILES string of the molecule is CCC1(CC)CCC(Br)(CC2(Br)CCC(CC)(CC)CC2N)C(N)C1. The van der Waals surface area contributed by atoms with Crippen LogP contribution >= 0.6 is 31.9 Å². The van der Waals surface area contributed by atoms with Crippen molar-refractivity contribution in [3.8, 4) is 0 Å². The number of hydrogen-bond donors (Lipinski definition) is 2. The molecule has 2 nitrogen and oxygen atoms in total. The van der Waals surface area contributed by atoms with Crippen molar-refractivity contribution in [2.24, 2.45) is 22.3 Å². The van der Waals surface area contributed by atoms with Crippen molar-refractivity contribution in [1.29, 1.82) is 0 Å². The highest BCUT2D eigenvalue weighted by Crippen LogP contribution is 2.56. The Hall–Kier alpha value is 0.880. The molecule has 148 valence electrons. The molecule has 0 amide bonds. The van der Waals surface area contributed by atoms with Gasteiger partial charge in [-0.05, 0) is 55.8 Å². The Kier molecular flexibility index (Phi) is 7.17. The van der Waals surface area contributed by atoms with Gasteiger partial charge in [0.15, 0.2) is 0 Å². The first-order valence-corrected chi connectivity index (χ1v) is 12.1. The molecule has 0 aromatic carbocycles. The third kappa shape index (κ3) is 4.32. The van der Waals surface area contributed by atoms with Crippen molar-refractivity contribution in [2.75, 3.05) is 0 Å². The third-order valence-corrected chi connectivity index (χ3v) is 10.9. The van der Waals surface area contributed by atoms with Crippen molar-refractivity contribution in [3.05, 3.63) is 0 Å². The van der Waals surface area contributed by atoms with Crippen molar-refractivity contribution in [3.63, 3.8) is 0 Å². The van der Waals surface area contributed by atoms with Crippen LogP contribution in [0.5, 0.6) is 0 Å². The lowest BCUT2D eigenvalue weighted by molar-refractivity contribution is 0.0969. The zero-order valence-corrected chi connectivity index (χ0v) is 20.0. The quantitative estimate of drug-likeness (QED) is 0.440. The summed E-state index contributed by atoms with van der Waals surface area (Å²) in [5.41, 5.74) is 14.4. The fraction of sp³-hybridized carbons (Fsp3) is 1.00. The summed E-state index contributed by atoms with van der Waals surface area (Å²) in [5, 5.41) is 0. The van der Waals surface area contributed by atoms with E-state index in [2.05, 4.69) is 59.6 Å². The van der Waals surface area contributed by atoms with Gasteiger partial charge in [0.2, 0.25) is 0 Å². The van der Waals surface area contributed by atoms with E-state index in [0.717, 1.165) is 19.3 Å². The van der Waals surface area contributed by atoms with Gasteiger partial charge in [0.05, 0.1) is 0 Å². The summed E-state index contributed by atoms with van der Waals surface area (Å²) in [4.78, 5) is 0. The van der Waals surface area contributed by atoms with Crippen LogP contribution in [-0.2, 0) is 0 Å². The lowest BCUT2D eigenvalue weighted by Gasteiger charge is -2.54. The van der Waals surface area contributed by atoms with Crippen molar-refractivity contribution < 1.29 is 0 Å². The van der Waals surface area contributed by atoms with Gasteiger partial charge in [-0.2, -0.15) is 0 Å².